The van der Waals surface area contributed by atoms with E-state index >= 15 is 0 Å². The van der Waals surface area contributed by atoms with Crippen LogP contribution in [-0.4, -0.2) is 16.4 Å². The van der Waals surface area contributed by atoms with Crippen LogP contribution in [0.5, 0.6) is 0 Å². The van der Waals surface area contributed by atoms with E-state index in [-0.39, 0.29) is 0 Å². The molecule has 104 valence electrons. The quantitative estimate of drug-likeness (QED) is 0.810. The Bertz CT molecular complexity index is 717. The van der Waals surface area contributed by atoms with Crippen molar-refractivity contribution in [2.75, 3.05) is 11.4 Å². The number of aliphatic hydroxyl groups is 1. The van der Waals surface area contributed by atoms with Gasteiger partial charge in [0.2, 0.25) is 0 Å². The molecule has 0 fully saturated rings. The van der Waals surface area contributed by atoms with Gasteiger partial charge in [-0.1, -0.05) is 18.2 Å². The normalized spacial score (nSPS) is 21.1. The zero-order valence-corrected chi connectivity index (χ0v) is 11.9. The molecule has 3 rings (SSSR count). The van der Waals surface area contributed by atoms with E-state index in [2.05, 4.69) is 0 Å². The lowest BCUT2D eigenvalue weighted by Gasteiger charge is -2.18. The van der Waals surface area contributed by atoms with E-state index in [4.69, 9.17) is 0 Å². The Morgan fingerprint density at radius 2 is 1.95 bits per heavy atom. The molecule has 1 N–H and O–H groups in total. The van der Waals surface area contributed by atoms with Gasteiger partial charge in [0.25, 0.3) is 0 Å². The molecule has 0 aliphatic carbocycles. The first-order valence-corrected chi connectivity index (χ1v) is 7.34. The standard InChI is InChI=1S/C15H14FNO2S/c1-9-7-14-11(8-12(9)16)15(18)10-5-3-4-6-13(10)17(2)20(14)19/h3-8,15,18H,1-2H3. The Labute approximate surface area is 119 Å². The van der Waals surface area contributed by atoms with Crippen LogP contribution in [0.15, 0.2) is 41.3 Å². The van der Waals surface area contributed by atoms with Gasteiger partial charge in [-0.3, -0.25) is 4.31 Å². The van der Waals surface area contributed by atoms with E-state index in [0.717, 1.165) is 0 Å². The second-order valence-electron chi connectivity index (χ2n) is 4.85. The van der Waals surface area contributed by atoms with Gasteiger partial charge in [0.05, 0.1) is 10.6 Å². The molecule has 1 aliphatic rings. The summed E-state index contributed by atoms with van der Waals surface area (Å²) in [6, 6.07) is 10.0. The summed E-state index contributed by atoms with van der Waals surface area (Å²) in [5, 5.41) is 10.5. The molecule has 0 amide bonds. The second-order valence-corrected chi connectivity index (χ2v) is 6.33. The highest BCUT2D eigenvalue weighted by Crippen LogP contribution is 2.38. The largest absolute Gasteiger partial charge is 0.384 e. The lowest BCUT2D eigenvalue weighted by molar-refractivity contribution is 0.217. The number of hydrogen-bond donors (Lipinski definition) is 1. The number of para-hydroxylation sites is 1. The number of rotatable bonds is 0. The fourth-order valence-corrected chi connectivity index (χ4v) is 3.73. The smallest absolute Gasteiger partial charge is 0.153 e. The summed E-state index contributed by atoms with van der Waals surface area (Å²) in [5.74, 6) is -0.401. The van der Waals surface area contributed by atoms with Gasteiger partial charge in [0.1, 0.15) is 11.9 Å². The van der Waals surface area contributed by atoms with Crippen LogP contribution >= 0.6 is 0 Å². The summed E-state index contributed by atoms with van der Waals surface area (Å²) >= 11 is 0. The summed E-state index contributed by atoms with van der Waals surface area (Å²) in [6.07, 6.45) is -0.981. The predicted molar refractivity (Wildman–Crippen MR) is 76.5 cm³/mol. The van der Waals surface area contributed by atoms with Gasteiger partial charge in [-0.05, 0) is 30.7 Å². The van der Waals surface area contributed by atoms with E-state index in [9.17, 15) is 13.7 Å². The van der Waals surface area contributed by atoms with Crippen molar-refractivity contribution in [3.63, 3.8) is 0 Å². The van der Waals surface area contributed by atoms with Gasteiger partial charge in [-0.2, -0.15) is 0 Å². The monoisotopic (exact) mass is 291 g/mol. The maximum atomic E-state index is 13.8. The van der Waals surface area contributed by atoms with Crippen LogP contribution < -0.4 is 4.31 Å². The third-order valence-corrected chi connectivity index (χ3v) is 5.02. The van der Waals surface area contributed by atoms with Crippen LogP contribution in [0.4, 0.5) is 10.1 Å². The fraction of sp³-hybridized carbons (Fsp3) is 0.200. The predicted octanol–water partition coefficient (Wildman–Crippen LogP) is 2.69. The molecule has 2 aromatic carbocycles. The molecule has 1 aliphatic heterocycles. The summed E-state index contributed by atoms with van der Waals surface area (Å²) in [7, 11) is 0.233. The number of anilines is 1. The molecule has 0 aromatic heterocycles. The number of halogens is 1. The summed E-state index contributed by atoms with van der Waals surface area (Å²) in [4.78, 5) is 0.454. The molecule has 2 unspecified atom stereocenters. The summed E-state index contributed by atoms with van der Waals surface area (Å²) in [5.41, 5.74) is 2.10. The average Bonchev–Trinajstić information content (AvgIpc) is 2.53. The molecule has 5 heteroatoms. The molecule has 2 aromatic rings. The lowest BCUT2D eigenvalue weighted by Crippen LogP contribution is -2.20. The van der Waals surface area contributed by atoms with Crippen molar-refractivity contribution in [1.29, 1.82) is 0 Å². The molecule has 20 heavy (non-hydrogen) atoms. The van der Waals surface area contributed by atoms with Crippen molar-refractivity contribution in [1.82, 2.24) is 0 Å². The van der Waals surface area contributed by atoms with E-state index in [0.29, 0.717) is 27.3 Å². The van der Waals surface area contributed by atoms with Crippen LogP contribution in [0.3, 0.4) is 0 Å². The highest BCUT2D eigenvalue weighted by molar-refractivity contribution is 7.86. The topological polar surface area (TPSA) is 40.5 Å². The number of aryl methyl sites for hydroxylation is 1. The first kappa shape index (κ1) is 13.3. The third kappa shape index (κ3) is 1.85. The van der Waals surface area contributed by atoms with Crippen molar-refractivity contribution < 1.29 is 13.7 Å². The maximum absolute atomic E-state index is 13.8. The number of hydrogen-bond acceptors (Lipinski definition) is 2. The average molecular weight is 291 g/mol. The molecule has 3 nitrogen and oxygen atoms in total. The van der Waals surface area contributed by atoms with Gasteiger partial charge in [-0.15, -0.1) is 0 Å². The van der Waals surface area contributed by atoms with Gasteiger partial charge in [0, 0.05) is 18.2 Å². The molecule has 2 atom stereocenters. The number of nitrogens with zero attached hydrogens (tertiary/aromatic N) is 1. The van der Waals surface area contributed by atoms with Gasteiger partial charge < -0.3 is 5.11 Å². The number of aliphatic hydroxyl groups excluding tert-OH is 1. The molecular weight excluding hydrogens is 277 g/mol. The highest BCUT2D eigenvalue weighted by Gasteiger charge is 2.29. The van der Waals surface area contributed by atoms with Crippen LogP contribution in [0.25, 0.3) is 0 Å². The first-order chi connectivity index (χ1) is 9.50. The van der Waals surface area contributed by atoms with Crippen molar-refractivity contribution in [3.05, 3.63) is 58.9 Å². The van der Waals surface area contributed by atoms with Gasteiger partial charge in [-0.25, -0.2) is 8.60 Å². The third-order valence-electron chi connectivity index (χ3n) is 3.59. The molecule has 0 saturated carbocycles. The Balaban J connectivity index is 2.32. The van der Waals surface area contributed by atoms with Crippen molar-refractivity contribution >= 4 is 16.7 Å². The Morgan fingerprint density at radius 1 is 1.25 bits per heavy atom. The van der Waals surface area contributed by atoms with Crippen molar-refractivity contribution in [2.24, 2.45) is 0 Å². The van der Waals surface area contributed by atoms with E-state index in [1.165, 1.54) is 6.07 Å². The maximum Gasteiger partial charge on any atom is 0.153 e. The molecule has 0 saturated heterocycles. The molecule has 1 heterocycles. The zero-order chi connectivity index (χ0) is 14.4. The van der Waals surface area contributed by atoms with Crippen LogP contribution in [-0.2, 0) is 11.0 Å². The molecule has 0 bridgehead atoms. The Morgan fingerprint density at radius 3 is 2.70 bits per heavy atom. The van der Waals surface area contributed by atoms with E-state index < -0.39 is 22.9 Å². The minimum atomic E-state index is -1.47. The van der Waals surface area contributed by atoms with Crippen LogP contribution in [0, 0.1) is 12.7 Å². The Hall–Kier alpha value is -1.72. The molecular formula is C15H14FNO2S. The minimum Gasteiger partial charge on any atom is -0.384 e. The van der Waals surface area contributed by atoms with Gasteiger partial charge in [0.15, 0.2) is 11.0 Å². The van der Waals surface area contributed by atoms with Crippen LogP contribution in [0.1, 0.15) is 22.8 Å². The van der Waals surface area contributed by atoms with Crippen molar-refractivity contribution in [3.8, 4) is 0 Å². The fourth-order valence-electron chi connectivity index (χ4n) is 2.45. The Kier molecular flexibility index (Phi) is 3.11. The summed E-state index contributed by atoms with van der Waals surface area (Å²) < 4.78 is 28.0. The lowest BCUT2D eigenvalue weighted by atomic mass is 9.98. The number of benzene rings is 2. The first-order valence-electron chi connectivity index (χ1n) is 6.23. The van der Waals surface area contributed by atoms with E-state index in [1.54, 1.807) is 42.5 Å². The number of fused-ring (bicyclic) bond motifs is 2. The van der Waals surface area contributed by atoms with Crippen LogP contribution in [0.2, 0.25) is 0 Å². The van der Waals surface area contributed by atoms with Crippen molar-refractivity contribution in [2.45, 2.75) is 17.9 Å². The minimum absolute atomic E-state index is 0.364. The van der Waals surface area contributed by atoms with E-state index in [1.807, 2.05) is 6.07 Å². The highest BCUT2D eigenvalue weighted by atomic mass is 32.2. The van der Waals surface area contributed by atoms with Gasteiger partial charge >= 0.3 is 0 Å². The molecule has 0 spiro atoms. The molecule has 0 radical (unpaired) electrons. The second kappa shape index (κ2) is 4.68. The summed E-state index contributed by atoms with van der Waals surface area (Å²) in [6.45, 7) is 1.62. The zero-order valence-electron chi connectivity index (χ0n) is 11.1. The SMILES string of the molecule is Cc1cc2c(cc1F)C(O)c1ccccc1N(C)S2=O.